The second-order valence-electron chi connectivity index (χ2n) is 6.83. The number of aromatic nitrogens is 1. The number of amides is 3. The van der Waals surface area contributed by atoms with Gasteiger partial charge in [0.15, 0.2) is 5.13 Å². The molecular formula is C17H26N4O2S. The van der Waals surface area contributed by atoms with Crippen molar-refractivity contribution >= 4 is 28.4 Å². The number of thiazole rings is 1. The third-order valence-electron chi connectivity index (χ3n) is 4.92. The Labute approximate surface area is 147 Å². The summed E-state index contributed by atoms with van der Waals surface area (Å²) >= 11 is 1.37. The maximum Gasteiger partial charge on any atom is 0.321 e. The summed E-state index contributed by atoms with van der Waals surface area (Å²) in [5.41, 5.74) is 0.735. The first-order valence-electron chi connectivity index (χ1n) is 8.93. The number of carbonyl (C=O) groups is 2. The van der Waals surface area contributed by atoms with Gasteiger partial charge in [-0.15, -0.1) is 11.3 Å². The van der Waals surface area contributed by atoms with Gasteiger partial charge in [-0.2, -0.15) is 0 Å². The van der Waals surface area contributed by atoms with Gasteiger partial charge in [0.25, 0.3) is 0 Å². The van der Waals surface area contributed by atoms with Gasteiger partial charge in [-0.05, 0) is 39.0 Å². The van der Waals surface area contributed by atoms with E-state index in [1.807, 2.05) is 10.3 Å². The van der Waals surface area contributed by atoms with Crippen LogP contribution < -0.4 is 10.6 Å². The Hall–Kier alpha value is -1.63. The van der Waals surface area contributed by atoms with Gasteiger partial charge in [-0.1, -0.05) is 12.8 Å². The predicted molar refractivity (Wildman–Crippen MR) is 95.3 cm³/mol. The van der Waals surface area contributed by atoms with Crippen LogP contribution in [0, 0.1) is 0 Å². The van der Waals surface area contributed by atoms with Gasteiger partial charge < -0.3 is 10.2 Å². The molecule has 2 aliphatic rings. The molecule has 132 valence electrons. The summed E-state index contributed by atoms with van der Waals surface area (Å²) in [5, 5.41) is 8.17. The lowest BCUT2D eigenvalue weighted by atomic mass is 10.0. The summed E-state index contributed by atoms with van der Waals surface area (Å²) in [6.45, 7) is 2.96. The van der Waals surface area contributed by atoms with Crippen LogP contribution in [0.3, 0.4) is 0 Å². The van der Waals surface area contributed by atoms with Crippen LogP contribution in [0.4, 0.5) is 9.93 Å². The summed E-state index contributed by atoms with van der Waals surface area (Å²) in [6.07, 6.45) is 8.15. The lowest BCUT2D eigenvalue weighted by Crippen LogP contribution is -2.42. The number of nitrogens with zero attached hydrogens (tertiary/aromatic N) is 2. The number of likely N-dealkylation sites (tertiary alicyclic amines) is 1. The Kier molecular flexibility index (Phi) is 5.71. The number of hydrogen-bond donors (Lipinski definition) is 2. The Morgan fingerprint density at radius 1 is 1.25 bits per heavy atom. The first-order chi connectivity index (χ1) is 11.6. The molecule has 0 radical (unpaired) electrons. The van der Waals surface area contributed by atoms with E-state index in [4.69, 9.17) is 0 Å². The number of urea groups is 1. The van der Waals surface area contributed by atoms with E-state index in [0.717, 1.165) is 37.9 Å². The van der Waals surface area contributed by atoms with Crippen LogP contribution in [0.2, 0.25) is 0 Å². The third-order valence-corrected chi connectivity index (χ3v) is 5.72. The monoisotopic (exact) mass is 350 g/mol. The van der Waals surface area contributed by atoms with E-state index < -0.39 is 0 Å². The maximum atomic E-state index is 12.4. The second-order valence-corrected chi connectivity index (χ2v) is 7.69. The normalized spacial score (nSPS) is 21.7. The largest absolute Gasteiger partial charge is 0.340 e. The van der Waals surface area contributed by atoms with E-state index >= 15 is 0 Å². The molecule has 24 heavy (non-hydrogen) atoms. The molecule has 0 aromatic carbocycles. The van der Waals surface area contributed by atoms with Crippen molar-refractivity contribution in [2.24, 2.45) is 0 Å². The van der Waals surface area contributed by atoms with E-state index in [-0.39, 0.29) is 18.0 Å². The zero-order chi connectivity index (χ0) is 16.9. The average molecular weight is 350 g/mol. The Balaban J connectivity index is 1.49. The number of rotatable bonds is 4. The van der Waals surface area contributed by atoms with Gasteiger partial charge in [0, 0.05) is 24.0 Å². The summed E-state index contributed by atoms with van der Waals surface area (Å²) in [4.78, 5) is 30.7. The van der Waals surface area contributed by atoms with E-state index in [9.17, 15) is 9.59 Å². The second kappa shape index (κ2) is 7.96. The van der Waals surface area contributed by atoms with Crippen molar-refractivity contribution in [2.45, 2.75) is 70.4 Å². The van der Waals surface area contributed by atoms with Gasteiger partial charge in [0.05, 0.1) is 12.1 Å². The zero-order valence-corrected chi connectivity index (χ0v) is 15.0. The molecule has 2 fully saturated rings. The van der Waals surface area contributed by atoms with Crippen LogP contribution in [-0.4, -0.2) is 40.5 Å². The van der Waals surface area contributed by atoms with Crippen molar-refractivity contribution in [1.82, 2.24) is 15.2 Å². The number of hydrogen-bond acceptors (Lipinski definition) is 4. The Morgan fingerprint density at radius 2 is 2.00 bits per heavy atom. The predicted octanol–water partition coefficient (Wildman–Crippen LogP) is 3.15. The summed E-state index contributed by atoms with van der Waals surface area (Å²) in [6, 6.07) is 0.407. The van der Waals surface area contributed by atoms with Crippen LogP contribution in [0.1, 0.15) is 57.6 Å². The topological polar surface area (TPSA) is 74.3 Å². The summed E-state index contributed by atoms with van der Waals surface area (Å²) in [5.74, 6) is 0.134. The molecule has 6 nitrogen and oxygen atoms in total. The van der Waals surface area contributed by atoms with Gasteiger partial charge in [0.2, 0.25) is 5.91 Å². The molecule has 3 rings (SSSR count). The Morgan fingerprint density at radius 3 is 2.75 bits per heavy atom. The average Bonchev–Trinajstić information content (AvgIpc) is 3.20. The van der Waals surface area contributed by atoms with Crippen molar-refractivity contribution in [3.8, 4) is 0 Å². The van der Waals surface area contributed by atoms with E-state index in [2.05, 4.69) is 22.5 Å². The fourth-order valence-electron chi connectivity index (χ4n) is 3.56. The smallest absolute Gasteiger partial charge is 0.321 e. The molecule has 1 aliphatic carbocycles. The van der Waals surface area contributed by atoms with Gasteiger partial charge >= 0.3 is 6.03 Å². The maximum absolute atomic E-state index is 12.4. The molecular weight excluding hydrogens is 324 g/mol. The first kappa shape index (κ1) is 17.2. The minimum Gasteiger partial charge on any atom is -0.340 e. The molecule has 1 unspecified atom stereocenters. The Bertz CT molecular complexity index is 583. The zero-order valence-electron chi connectivity index (χ0n) is 14.2. The highest BCUT2D eigenvalue weighted by molar-refractivity contribution is 7.13. The van der Waals surface area contributed by atoms with Crippen LogP contribution in [-0.2, 0) is 11.2 Å². The highest BCUT2D eigenvalue weighted by atomic mass is 32.1. The quantitative estimate of drug-likeness (QED) is 0.876. The summed E-state index contributed by atoms with van der Waals surface area (Å²) in [7, 11) is 0. The van der Waals surface area contributed by atoms with Gasteiger partial charge in [-0.25, -0.2) is 9.78 Å². The van der Waals surface area contributed by atoms with Crippen molar-refractivity contribution in [2.75, 3.05) is 11.9 Å². The number of carbonyl (C=O) groups excluding carboxylic acids is 2. The summed E-state index contributed by atoms with van der Waals surface area (Å²) < 4.78 is 0. The van der Waals surface area contributed by atoms with Crippen molar-refractivity contribution in [1.29, 1.82) is 0 Å². The van der Waals surface area contributed by atoms with Crippen molar-refractivity contribution in [3.05, 3.63) is 11.1 Å². The fourth-order valence-corrected chi connectivity index (χ4v) is 4.26. The van der Waals surface area contributed by atoms with E-state index in [1.165, 1.54) is 30.6 Å². The molecule has 7 heteroatoms. The van der Waals surface area contributed by atoms with Crippen LogP contribution in [0.15, 0.2) is 5.38 Å². The number of nitrogens with one attached hydrogen (secondary N) is 2. The van der Waals surface area contributed by atoms with Crippen molar-refractivity contribution < 1.29 is 9.59 Å². The third kappa shape index (κ3) is 4.47. The van der Waals surface area contributed by atoms with Crippen molar-refractivity contribution in [3.63, 3.8) is 0 Å². The number of anilines is 1. The molecule has 2 N–H and O–H groups in total. The molecule has 3 amide bonds. The van der Waals surface area contributed by atoms with E-state index in [1.54, 1.807) is 0 Å². The van der Waals surface area contributed by atoms with Gasteiger partial charge in [-0.3, -0.25) is 10.1 Å². The highest BCUT2D eigenvalue weighted by Crippen LogP contribution is 2.21. The molecule has 0 bridgehead atoms. The standard InChI is InChI=1S/C17H26N4O2S/c1-12-6-4-5-9-21(12)15(22)10-14-11-24-17(19-14)20-16(23)18-13-7-2-3-8-13/h11-13H,2-10H2,1H3,(H2,18,19,20,23). The fraction of sp³-hybridized carbons (Fsp3) is 0.706. The highest BCUT2D eigenvalue weighted by Gasteiger charge is 2.24. The lowest BCUT2D eigenvalue weighted by molar-refractivity contribution is -0.133. The molecule has 1 aliphatic heterocycles. The minimum absolute atomic E-state index is 0.134. The van der Waals surface area contributed by atoms with Gasteiger partial charge in [0.1, 0.15) is 0 Å². The van der Waals surface area contributed by atoms with Crippen LogP contribution >= 0.6 is 11.3 Å². The molecule has 1 saturated heterocycles. The lowest BCUT2D eigenvalue weighted by Gasteiger charge is -2.33. The molecule has 2 heterocycles. The first-order valence-corrected chi connectivity index (χ1v) is 9.81. The SMILES string of the molecule is CC1CCCCN1C(=O)Cc1csc(NC(=O)NC2CCCC2)n1. The molecule has 1 aromatic heterocycles. The van der Waals surface area contributed by atoms with E-state index in [0.29, 0.717) is 17.6 Å². The molecule has 1 saturated carbocycles. The molecule has 1 aromatic rings. The number of piperidine rings is 1. The molecule has 1 atom stereocenters. The van der Waals surface area contributed by atoms with Crippen LogP contribution in [0.25, 0.3) is 0 Å². The van der Waals surface area contributed by atoms with Crippen LogP contribution in [0.5, 0.6) is 0 Å². The minimum atomic E-state index is -0.196. The molecule has 0 spiro atoms.